The summed E-state index contributed by atoms with van der Waals surface area (Å²) in [5.74, 6) is 1.23. The lowest BCUT2D eigenvalue weighted by Gasteiger charge is -2.21. The van der Waals surface area contributed by atoms with E-state index in [1.54, 1.807) is 23.6 Å². The van der Waals surface area contributed by atoms with E-state index in [9.17, 15) is 4.79 Å². The number of hydrogen-bond donors (Lipinski definition) is 2. The normalized spacial score (nSPS) is 11.3. The molecule has 2 N–H and O–H groups in total. The van der Waals surface area contributed by atoms with Gasteiger partial charge in [0.25, 0.3) is 0 Å². The molecule has 0 atom stereocenters. The van der Waals surface area contributed by atoms with E-state index in [4.69, 9.17) is 0 Å². The Kier molecular flexibility index (Phi) is 7.53. The van der Waals surface area contributed by atoms with Gasteiger partial charge in [-0.15, -0.1) is 11.3 Å². The Labute approximate surface area is 158 Å². The lowest BCUT2D eigenvalue weighted by atomic mass is 10.3. The van der Waals surface area contributed by atoms with Crippen molar-refractivity contribution in [2.75, 3.05) is 25.5 Å². The Morgan fingerprint density at radius 3 is 2.77 bits per heavy atom. The number of aliphatic imine (C=N–C) groups is 1. The third-order valence-electron chi connectivity index (χ3n) is 3.54. The third-order valence-corrected chi connectivity index (χ3v) is 4.36. The molecule has 0 radical (unpaired) electrons. The summed E-state index contributed by atoms with van der Waals surface area (Å²) in [5.41, 5.74) is 2.07. The SMILES string of the molecule is CCNC(=NCCC(=O)Nc1ccc(C)cn1)N(C)Cc1csc(C)n1. The molecule has 0 unspecified atom stereocenters. The van der Waals surface area contributed by atoms with E-state index < -0.39 is 0 Å². The fourth-order valence-corrected chi connectivity index (χ4v) is 2.88. The number of nitrogens with zero attached hydrogens (tertiary/aromatic N) is 4. The summed E-state index contributed by atoms with van der Waals surface area (Å²) in [7, 11) is 1.96. The molecule has 7 nitrogen and oxygen atoms in total. The first-order valence-corrected chi connectivity index (χ1v) is 9.49. The second-order valence-corrected chi connectivity index (χ2v) is 7.03. The van der Waals surface area contributed by atoms with Gasteiger partial charge in [-0.1, -0.05) is 6.07 Å². The van der Waals surface area contributed by atoms with Crippen molar-refractivity contribution in [3.05, 3.63) is 40.0 Å². The van der Waals surface area contributed by atoms with E-state index in [-0.39, 0.29) is 5.91 Å². The molecule has 140 valence electrons. The fourth-order valence-electron chi connectivity index (χ4n) is 2.28. The van der Waals surface area contributed by atoms with E-state index in [2.05, 4.69) is 31.0 Å². The molecule has 2 aromatic rings. The standard InChI is InChI=1S/C18H26N6OS/c1-5-19-18(24(4)11-15-12-26-14(3)22-15)20-9-8-17(25)23-16-7-6-13(2)10-21-16/h6-7,10,12H,5,8-9,11H2,1-4H3,(H,19,20)(H,21,23,25). The number of aryl methyl sites for hydroxylation is 2. The minimum absolute atomic E-state index is 0.0984. The van der Waals surface area contributed by atoms with Crippen LogP contribution in [0.1, 0.15) is 29.6 Å². The van der Waals surface area contributed by atoms with Crippen LogP contribution in [0.2, 0.25) is 0 Å². The highest BCUT2D eigenvalue weighted by molar-refractivity contribution is 7.09. The van der Waals surface area contributed by atoms with Crippen molar-refractivity contribution in [3.8, 4) is 0 Å². The third kappa shape index (κ3) is 6.44. The number of hydrogen-bond acceptors (Lipinski definition) is 5. The summed E-state index contributed by atoms with van der Waals surface area (Å²) in [5, 5.41) is 9.14. The number of guanidine groups is 1. The maximum Gasteiger partial charge on any atom is 0.227 e. The van der Waals surface area contributed by atoms with Crippen molar-refractivity contribution < 1.29 is 4.79 Å². The molecule has 2 rings (SSSR count). The number of carbonyl (C=O) groups excluding carboxylic acids is 1. The van der Waals surface area contributed by atoms with Crippen LogP contribution in [0.4, 0.5) is 5.82 Å². The summed E-state index contributed by atoms with van der Waals surface area (Å²) in [6, 6.07) is 3.71. The Hall–Kier alpha value is -2.48. The first-order valence-electron chi connectivity index (χ1n) is 8.61. The Morgan fingerprint density at radius 1 is 1.35 bits per heavy atom. The smallest absolute Gasteiger partial charge is 0.227 e. The van der Waals surface area contributed by atoms with E-state index in [1.165, 1.54) is 0 Å². The van der Waals surface area contributed by atoms with Gasteiger partial charge in [0.05, 0.1) is 23.8 Å². The zero-order chi connectivity index (χ0) is 18.9. The summed E-state index contributed by atoms with van der Waals surface area (Å²) in [4.78, 5) is 27.2. The van der Waals surface area contributed by atoms with Crippen LogP contribution in [0, 0.1) is 13.8 Å². The summed E-state index contributed by atoms with van der Waals surface area (Å²) >= 11 is 1.64. The highest BCUT2D eigenvalue weighted by Gasteiger charge is 2.09. The van der Waals surface area contributed by atoms with Gasteiger partial charge in [0.2, 0.25) is 5.91 Å². The second-order valence-electron chi connectivity index (χ2n) is 5.97. The van der Waals surface area contributed by atoms with Crippen LogP contribution in [-0.4, -0.2) is 46.9 Å². The van der Waals surface area contributed by atoms with Crippen molar-refractivity contribution in [3.63, 3.8) is 0 Å². The topological polar surface area (TPSA) is 82.5 Å². The molecule has 0 saturated carbocycles. The highest BCUT2D eigenvalue weighted by atomic mass is 32.1. The number of nitrogens with one attached hydrogen (secondary N) is 2. The van der Waals surface area contributed by atoms with Crippen molar-refractivity contribution in [2.24, 2.45) is 4.99 Å². The zero-order valence-corrected chi connectivity index (χ0v) is 16.6. The van der Waals surface area contributed by atoms with Crippen LogP contribution in [-0.2, 0) is 11.3 Å². The molecule has 2 aromatic heterocycles. The predicted molar refractivity (Wildman–Crippen MR) is 107 cm³/mol. The van der Waals surface area contributed by atoms with E-state index in [1.807, 2.05) is 38.8 Å². The summed E-state index contributed by atoms with van der Waals surface area (Å²) in [6.07, 6.45) is 2.03. The molecule has 1 amide bonds. The fraction of sp³-hybridized carbons (Fsp3) is 0.444. The number of anilines is 1. The average molecular weight is 375 g/mol. The van der Waals surface area contributed by atoms with Crippen molar-refractivity contribution >= 4 is 29.0 Å². The number of carbonyl (C=O) groups is 1. The van der Waals surface area contributed by atoms with Crippen LogP contribution in [0.15, 0.2) is 28.7 Å². The molecule has 0 aliphatic carbocycles. The number of thiazole rings is 1. The Balaban J connectivity index is 1.86. The van der Waals surface area contributed by atoms with Crippen LogP contribution in [0.5, 0.6) is 0 Å². The second kappa shape index (κ2) is 9.86. The van der Waals surface area contributed by atoms with E-state index in [0.29, 0.717) is 25.3 Å². The van der Waals surface area contributed by atoms with Crippen LogP contribution < -0.4 is 10.6 Å². The molecule has 0 aliphatic heterocycles. The van der Waals surface area contributed by atoms with Gasteiger partial charge in [0.15, 0.2) is 5.96 Å². The van der Waals surface area contributed by atoms with Crippen molar-refractivity contribution in [1.82, 2.24) is 20.2 Å². The molecule has 0 bridgehead atoms. The first kappa shape index (κ1) is 19.8. The van der Waals surface area contributed by atoms with Gasteiger partial charge in [0, 0.05) is 31.6 Å². The minimum Gasteiger partial charge on any atom is -0.357 e. The zero-order valence-electron chi connectivity index (χ0n) is 15.7. The van der Waals surface area contributed by atoms with Gasteiger partial charge in [-0.25, -0.2) is 9.97 Å². The summed E-state index contributed by atoms with van der Waals surface area (Å²) in [6.45, 7) is 7.81. The molecule has 0 aromatic carbocycles. The Bertz CT molecular complexity index is 740. The quantitative estimate of drug-likeness (QED) is 0.575. The van der Waals surface area contributed by atoms with Gasteiger partial charge >= 0.3 is 0 Å². The molecule has 8 heteroatoms. The van der Waals surface area contributed by atoms with Gasteiger partial charge < -0.3 is 15.5 Å². The van der Waals surface area contributed by atoms with Crippen LogP contribution in [0.3, 0.4) is 0 Å². The largest absolute Gasteiger partial charge is 0.357 e. The van der Waals surface area contributed by atoms with Gasteiger partial charge in [-0.2, -0.15) is 0 Å². The maximum absolute atomic E-state index is 12.0. The molecule has 0 aliphatic rings. The Morgan fingerprint density at radius 2 is 2.15 bits per heavy atom. The highest BCUT2D eigenvalue weighted by Crippen LogP contribution is 2.10. The van der Waals surface area contributed by atoms with Gasteiger partial charge in [-0.05, 0) is 32.4 Å². The van der Waals surface area contributed by atoms with Gasteiger partial charge in [0.1, 0.15) is 5.82 Å². The molecular formula is C18H26N6OS. The average Bonchev–Trinajstić information content (AvgIpc) is 3.01. The maximum atomic E-state index is 12.0. The first-order chi connectivity index (χ1) is 12.5. The van der Waals surface area contributed by atoms with Crippen LogP contribution in [0.25, 0.3) is 0 Å². The van der Waals surface area contributed by atoms with Gasteiger partial charge in [-0.3, -0.25) is 9.79 Å². The van der Waals surface area contributed by atoms with Crippen LogP contribution >= 0.6 is 11.3 Å². The molecule has 0 saturated heterocycles. The molecule has 26 heavy (non-hydrogen) atoms. The molecule has 2 heterocycles. The summed E-state index contributed by atoms with van der Waals surface area (Å²) < 4.78 is 0. The van der Waals surface area contributed by atoms with Crippen molar-refractivity contribution in [1.29, 1.82) is 0 Å². The molecular weight excluding hydrogens is 348 g/mol. The molecule has 0 fully saturated rings. The molecule has 0 spiro atoms. The monoisotopic (exact) mass is 374 g/mol. The number of aromatic nitrogens is 2. The predicted octanol–water partition coefficient (Wildman–Crippen LogP) is 2.58. The van der Waals surface area contributed by atoms with Crippen molar-refractivity contribution in [2.45, 2.75) is 33.7 Å². The number of pyridine rings is 1. The van der Waals surface area contributed by atoms with E-state index in [0.717, 1.165) is 28.8 Å². The number of rotatable bonds is 7. The minimum atomic E-state index is -0.0984. The van der Waals surface area contributed by atoms with E-state index >= 15 is 0 Å². The lowest BCUT2D eigenvalue weighted by molar-refractivity contribution is -0.116. The lowest BCUT2D eigenvalue weighted by Crippen LogP contribution is -2.38. The number of amides is 1.